The number of ketones is 1. The van der Waals surface area contributed by atoms with Gasteiger partial charge in [-0.1, -0.05) is 48.5 Å². The highest BCUT2D eigenvalue weighted by atomic mass is 16.5. The minimum atomic E-state index is -1.06. The van der Waals surface area contributed by atoms with Gasteiger partial charge in [0.1, 0.15) is 11.7 Å². The normalized spacial score (nSPS) is 18.3. The first-order valence-corrected chi connectivity index (χ1v) is 12.7. The number of hydrogen-bond donors (Lipinski definition) is 3. The second kappa shape index (κ2) is 11.2. The minimum Gasteiger partial charge on any atom is -0.371 e. The maximum absolute atomic E-state index is 13.5. The van der Waals surface area contributed by atoms with Gasteiger partial charge in [0.15, 0.2) is 0 Å². The number of likely N-dealkylation sites (tertiary alicyclic amines) is 1. The molecule has 0 spiro atoms. The molecule has 3 aromatic rings. The van der Waals surface area contributed by atoms with E-state index in [0.717, 1.165) is 16.5 Å². The number of nitrogens with zero attached hydrogens (tertiary/aromatic N) is 1. The topological polar surface area (TPSA) is 121 Å². The maximum atomic E-state index is 13.5. The van der Waals surface area contributed by atoms with Gasteiger partial charge in [-0.3, -0.25) is 19.2 Å². The predicted octanol–water partition coefficient (Wildman–Crippen LogP) is 2.96. The van der Waals surface area contributed by atoms with Gasteiger partial charge in [-0.15, -0.1) is 0 Å². The van der Waals surface area contributed by atoms with Crippen molar-refractivity contribution < 1.29 is 23.9 Å². The van der Waals surface area contributed by atoms with Crippen molar-refractivity contribution >= 4 is 34.4 Å². The lowest BCUT2D eigenvalue weighted by Gasteiger charge is -2.25. The Balaban J connectivity index is 1.45. The van der Waals surface area contributed by atoms with Gasteiger partial charge in [0.2, 0.25) is 11.7 Å². The fourth-order valence-corrected chi connectivity index (χ4v) is 4.64. The van der Waals surface area contributed by atoms with E-state index in [1.165, 1.54) is 11.8 Å². The molecule has 38 heavy (non-hydrogen) atoms. The van der Waals surface area contributed by atoms with Crippen LogP contribution >= 0.6 is 0 Å². The lowest BCUT2D eigenvalue weighted by molar-refractivity contribution is -0.140. The number of hydrogen-bond acceptors (Lipinski definition) is 5. The van der Waals surface area contributed by atoms with Crippen LogP contribution < -0.4 is 10.6 Å². The number of benzene rings is 2. The van der Waals surface area contributed by atoms with Crippen LogP contribution in [0.1, 0.15) is 50.2 Å². The summed E-state index contributed by atoms with van der Waals surface area (Å²) in [5.41, 5.74) is 1.57. The van der Waals surface area contributed by atoms with E-state index >= 15 is 0 Å². The lowest BCUT2D eigenvalue weighted by atomic mass is 10.1. The van der Waals surface area contributed by atoms with Crippen LogP contribution in [0.4, 0.5) is 0 Å². The molecular formula is C29H34N4O5. The Labute approximate surface area is 221 Å². The number of Topliss-reactive ketones (excluding diaryl/α,β-unsaturated/α-hetero) is 1. The number of H-pyrrole nitrogens is 1. The van der Waals surface area contributed by atoms with Crippen LogP contribution in [0.3, 0.4) is 0 Å². The molecular weight excluding hydrogens is 484 g/mol. The Morgan fingerprint density at radius 3 is 2.42 bits per heavy atom. The number of amides is 3. The van der Waals surface area contributed by atoms with Crippen LogP contribution in [0.25, 0.3) is 10.9 Å². The molecule has 9 heteroatoms. The van der Waals surface area contributed by atoms with E-state index < -0.39 is 35.3 Å². The molecule has 3 amide bonds. The number of aromatic amines is 1. The van der Waals surface area contributed by atoms with Gasteiger partial charge >= 0.3 is 0 Å². The first kappa shape index (κ1) is 27.1. The number of para-hydroxylation sites is 1. The van der Waals surface area contributed by atoms with Gasteiger partial charge in [-0.25, -0.2) is 0 Å². The van der Waals surface area contributed by atoms with Crippen molar-refractivity contribution in [3.63, 3.8) is 0 Å². The Kier molecular flexibility index (Phi) is 7.97. The first-order valence-electron chi connectivity index (χ1n) is 12.7. The molecule has 0 bridgehead atoms. The first-order chi connectivity index (χ1) is 18.0. The fourth-order valence-electron chi connectivity index (χ4n) is 4.64. The van der Waals surface area contributed by atoms with Crippen molar-refractivity contribution in [1.82, 2.24) is 20.5 Å². The zero-order chi connectivity index (χ0) is 27.4. The summed E-state index contributed by atoms with van der Waals surface area (Å²) in [6.45, 7) is 7.64. The Morgan fingerprint density at radius 1 is 1.05 bits per heavy atom. The zero-order valence-electron chi connectivity index (χ0n) is 22.1. The van der Waals surface area contributed by atoms with Crippen molar-refractivity contribution in [2.24, 2.45) is 0 Å². The minimum absolute atomic E-state index is 0.202. The summed E-state index contributed by atoms with van der Waals surface area (Å²) in [7, 11) is 0. The third-order valence-electron chi connectivity index (χ3n) is 6.38. The third-order valence-corrected chi connectivity index (χ3v) is 6.38. The average Bonchev–Trinajstić information content (AvgIpc) is 3.50. The highest BCUT2D eigenvalue weighted by molar-refractivity contribution is 6.38. The van der Waals surface area contributed by atoms with Gasteiger partial charge in [0, 0.05) is 30.4 Å². The molecule has 1 unspecified atom stereocenters. The molecule has 200 valence electrons. The summed E-state index contributed by atoms with van der Waals surface area (Å²) in [6.07, 6.45) is -0.0878. The number of fused-ring (bicyclic) bond motifs is 1. The van der Waals surface area contributed by atoms with Crippen molar-refractivity contribution in [1.29, 1.82) is 0 Å². The third kappa shape index (κ3) is 6.47. The van der Waals surface area contributed by atoms with E-state index in [-0.39, 0.29) is 31.5 Å². The molecule has 1 aliphatic heterocycles. The second-order valence-corrected chi connectivity index (χ2v) is 10.6. The van der Waals surface area contributed by atoms with E-state index in [2.05, 4.69) is 15.6 Å². The Hall–Kier alpha value is -3.98. The van der Waals surface area contributed by atoms with E-state index in [1.807, 2.05) is 75.4 Å². The van der Waals surface area contributed by atoms with Gasteiger partial charge in [-0.2, -0.15) is 0 Å². The summed E-state index contributed by atoms with van der Waals surface area (Å²) in [5, 5.41) is 6.11. The Morgan fingerprint density at radius 2 is 1.74 bits per heavy atom. The van der Waals surface area contributed by atoms with E-state index in [0.29, 0.717) is 5.69 Å². The Bertz CT molecular complexity index is 1290. The summed E-state index contributed by atoms with van der Waals surface area (Å²) in [5.74, 6) is -2.39. The molecule has 3 N–H and O–H groups in total. The molecule has 0 aliphatic carbocycles. The highest BCUT2D eigenvalue weighted by Gasteiger charge is 2.42. The largest absolute Gasteiger partial charge is 0.371 e. The maximum Gasteiger partial charge on any atom is 0.289 e. The van der Waals surface area contributed by atoms with Crippen LogP contribution in [-0.4, -0.2) is 63.7 Å². The van der Waals surface area contributed by atoms with Crippen molar-refractivity contribution in [3.05, 3.63) is 71.9 Å². The van der Waals surface area contributed by atoms with Crippen LogP contribution in [-0.2, 0) is 25.7 Å². The highest BCUT2D eigenvalue weighted by Crippen LogP contribution is 2.27. The molecule has 0 saturated carbocycles. The quantitative estimate of drug-likeness (QED) is 0.396. The molecule has 1 fully saturated rings. The molecule has 4 rings (SSSR count). The number of ether oxygens (including phenoxy) is 1. The molecule has 0 radical (unpaired) electrons. The van der Waals surface area contributed by atoms with Crippen LogP contribution in [0, 0.1) is 0 Å². The SMILES string of the molecule is CC(NC(=O)[C@@H]1C[C@@H](OC(C)(C)C)CN1C(=O)c1cc2ccccc2[nH]1)C(=O)C(=O)NCc1ccccc1. The van der Waals surface area contributed by atoms with Crippen LogP contribution in [0.5, 0.6) is 0 Å². The van der Waals surface area contributed by atoms with Gasteiger partial charge in [0.25, 0.3) is 11.8 Å². The summed E-state index contributed by atoms with van der Waals surface area (Å²) >= 11 is 0. The molecule has 1 saturated heterocycles. The predicted molar refractivity (Wildman–Crippen MR) is 143 cm³/mol. The number of nitrogens with one attached hydrogen (secondary N) is 3. The standard InChI is InChI=1S/C29H34N4O5/c1-18(25(34)27(36)30-16-19-10-6-5-7-11-19)31-26(35)24-15-21(38-29(2,3)4)17-33(24)28(37)23-14-20-12-8-9-13-22(20)32-23/h5-14,18,21,24,32H,15-17H2,1-4H3,(H,30,36)(H,31,35)/t18?,21-,24+/m1/s1. The zero-order valence-corrected chi connectivity index (χ0v) is 22.1. The van der Waals surface area contributed by atoms with E-state index in [4.69, 9.17) is 4.74 Å². The number of carbonyl (C=O) groups is 4. The van der Waals surface area contributed by atoms with Gasteiger partial charge < -0.3 is 25.3 Å². The van der Waals surface area contributed by atoms with E-state index in [9.17, 15) is 19.2 Å². The molecule has 2 aromatic carbocycles. The van der Waals surface area contributed by atoms with Crippen LogP contribution in [0.2, 0.25) is 0 Å². The van der Waals surface area contributed by atoms with Crippen LogP contribution in [0.15, 0.2) is 60.7 Å². The summed E-state index contributed by atoms with van der Waals surface area (Å²) < 4.78 is 6.10. The molecule has 2 heterocycles. The molecule has 3 atom stereocenters. The van der Waals surface area contributed by atoms with Crippen molar-refractivity contribution in [2.75, 3.05) is 6.54 Å². The molecule has 9 nitrogen and oxygen atoms in total. The summed E-state index contributed by atoms with van der Waals surface area (Å²) in [4.78, 5) is 56.5. The van der Waals surface area contributed by atoms with Gasteiger partial charge in [0.05, 0.1) is 17.7 Å². The van der Waals surface area contributed by atoms with Crippen molar-refractivity contribution in [2.45, 2.75) is 64.4 Å². The van der Waals surface area contributed by atoms with Crippen molar-refractivity contribution in [3.8, 4) is 0 Å². The van der Waals surface area contributed by atoms with Gasteiger partial charge in [-0.05, 0) is 45.4 Å². The molecule has 1 aromatic heterocycles. The lowest BCUT2D eigenvalue weighted by Crippen LogP contribution is -2.52. The van der Waals surface area contributed by atoms with E-state index in [1.54, 1.807) is 6.07 Å². The number of rotatable bonds is 8. The molecule has 1 aliphatic rings. The monoisotopic (exact) mass is 518 g/mol. The summed E-state index contributed by atoms with van der Waals surface area (Å²) in [6, 6.07) is 16.6. The fraction of sp³-hybridized carbons (Fsp3) is 0.379. The second-order valence-electron chi connectivity index (χ2n) is 10.6. The number of aromatic nitrogens is 1. The number of carbonyl (C=O) groups excluding carboxylic acids is 4. The average molecular weight is 519 g/mol. The smallest absolute Gasteiger partial charge is 0.289 e.